The zero-order valence-corrected chi connectivity index (χ0v) is 16.7. The SMILES string of the molecule is O=C([O-])c1ccccc1-c1ccc(/C=C2/SC(=S)N(Cc3ccccc3)C2=O)o1. The van der Waals surface area contributed by atoms with E-state index in [2.05, 4.69) is 0 Å². The van der Waals surface area contributed by atoms with Gasteiger partial charge in [0.2, 0.25) is 0 Å². The molecule has 144 valence electrons. The van der Waals surface area contributed by atoms with Gasteiger partial charge in [-0.15, -0.1) is 0 Å². The lowest BCUT2D eigenvalue weighted by molar-refractivity contribution is -0.254. The summed E-state index contributed by atoms with van der Waals surface area (Å²) in [4.78, 5) is 26.1. The van der Waals surface area contributed by atoms with Crippen LogP contribution in [-0.2, 0) is 11.3 Å². The molecule has 1 amide bonds. The van der Waals surface area contributed by atoms with Crippen molar-refractivity contribution in [3.8, 4) is 11.3 Å². The van der Waals surface area contributed by atoms with Crippen LogP contribution in [0.3, 0.4) is 0 Å². The van der Waals surface area contributed by atoms with E-state index in [0.717, 1.165) is 5.56 Å². The lowest BCUT2D eigenvalue weighted by atomic mass is 10.1. The molecule has 1 fully saturated rings. The third-order valence-electron chi connectivity index (χ3n) is 4.37. The first-order valence-corrected chi connectivity index (χ1v) is 9.95. The van der Waals surface area contributed by atoms with E-state index in [1.165, 1.54) is 17.8 Å². The van der Waals surface area contributed by atoms with Gasteiger partial charge in [-0.2, -0.15) is 0 Å². The van der Waals surface area contributed by atoms with Gasteiger partial charge in [0.05, 0.1) is 17.4 Å². The molecule has 3 aromatic rings. The number of thiocarbonyl (C=S) groups is 1. The Labute approximate surface area is 176 Å². The van der Waals surface area contributed by atoms with E-state index >= 15 is 0 Å². The van der Waals surface area contributed by atoms with Crippen molar-refractivity contribution in [1.82, 2.24) is 4.90 Å². The van der Waals surface area contributed by atoms with Crippen LogP contribution in [0.4, 0.5) is 0 Å². The highest BCUT2D eigenvalue weighted by Gasteiger charge is 2.32. The molecule has 2 aromatic carbocycles. The molecule has 0 N–H and O–H groups in total. The van der Waals surface area contributed by atoms with Crippen LogP contribution >= 0.6 is 24.0 Å². The Morgan fingerprint density at radius 2 is 1.79 bits per heavy atom. The van der Waals surface area contributed by atoms with Crippen LogP contribution in [0.2, 0.25) is 0 Å². The number of amides is 1. The first-order chi connectivity index (χ1) is 14.0. The number of thioether (sulfide) groups is 1. The molecule has 0 saturated carbocycles. The lowest BCUT2D eigenvalue weighted by Crippen LogP contribution is -2.27. The number of carboxylic acids is 1. The van der Waals surface area contributed by atoms with E-state index in [4.69, 9.17) is 16.6 Å². The quantitative estimate of drug-likeness (QED) is 0.463. The molecular weight excluding hydrogens is 406 g/mol. The van der Waals surface area contributed by atoms with Crippen LogP contribution in [0.15, 0.2) is 76.1 Å². The molecule has 2 heterocycles. The normalized spacial score (nSPS) is 15.3. The average molecular weight is 420 g/mol. The summed E-state index contributed by atoms with van der Waals surface area (Å²) in [5.41, 5.74) is 1.45. The van der Waals surface area contributed by atoms with Crippen LogP contribution in [0, 0.1) is 0 Å². The fourth-order valence-electron chi connectivity index (χ4n) is 2.98. The van der Waals surface area contributed by atoms with Gasteiger partial charge in [-0.25, -0.2) is 0 Å². The summed E-state index contributed by atoms with van der Waals surface area (Å²) in [6.07, 6.45) is 1.62. The van der Waals surface area contributed by atoms with E-state index in [1.54, 1.807) is 41.3 Å². The van der Waals surface area contributed by atoms with Crippen molar-refractivity contribution in [2.45, 2.75) is 6.54 Å². The first-order valence-electron chi connectivity index (χ1n) is 8.73. The highest BCUT2D eigenvalue weighted by molar-refractivity contribution is 8.26. The first kappa shape index (κ1) is 19.2. The second kappa shape index (κ2) is 8.06. The summed E-state index contributed by atoms with van der Waals surface area (Å²) in [5.74, 6) is -0.638. The van der Waals surface area contributed by atoms with Crippen molar-refractivity contribution in [3.05, 3.63) is 88.5 Å². The number of aromatic carboxylic acids is 1. The molecule has 1 saturated heterocycles. The zero-order valence-electron chi connectivity index (χ0n) is 15.0. The molecule has 0 aliphatic carbocycles. The maximum atomic E-state index is 12.8. The molecule has 1 aliphatic rings. The fraction of sp³-hybridized carbons (Fsp3) is 0.0455. The van der Waals surface area contributed by atoms with Crippen molar-refractivity contribution >= 4 is 46.3 Å². The van der Waals surface area contributed by atoms with Crippen LogP contribution < -0.4 is 5.11 Å². The molecule has 0 atom stereocenters. The van der Waals surface area contributed by atoms with Gasteiger partial charge in [-0.1, -0.05) is 78.6 Å². The molecule has 29 heavy (non-hydrogen) atoms. The van der Waals surface area contributed by atoms with Crippen molar-refractivity contribution in [2.75, 3.05) is 0 Å². The van der Waals surface area contributed by atoms with E-state index in [0.29, 0.717) is 32.9 Å². The Morgan fingerprint density at radius 3 is 2.55 bits per heavy atom. The van der Waals surface area contributed by atoms with Gasteiger partial charge in [0, 0.05) is 17.2 Å². The Kier molecular flexibility index (Phi) is 5.33. The largest absolute Gasteiger partial charge is 0.545 e. The molecule has 0 unspecified atom stereocenters. The van der Waals surface area contributed by atoms with E-state index in [9.17, 15) is 14.7 Å². The summed E-state index contributed by atoms with van der Waals surface area (Å²) < 4.78 is 6.25. The number of carboxylic acid groups (broad SMARTS) is 1. The Morgan fingerprint density at radius 1 is 1.07 bits per heavy atom. The molecular formula is C22H14NO4S2-. The zero-order chi connectivity index (χ0) is 20.4. The average Bonchev–Trinajstić information content (AvgIpc) is 3.29. The number of furan rings is 1. The summed E-state index contributed by atoms with van der Waals surface area (Å²) in [7, 11) is 0. The van der Waals surface area contributed by atoms with Crippen molar-refractivity contribution in [1.29, 1.82) is 0 Å². The number of carbonyl (C=O) groups is 2. The van der Waals surface area contributed by atoms with Crippen LogP contribution in [-0.4, -0.2) is 21.1 Å². The molecule has 7 heteroatoms. The van der Waals surface area contributed by atoms with Crippen molar-refractivity contribution in [3.63, 3.8) is 0 Å². The van der Waals surface area contributed by atoms with Crippen LogP contribution in [0.5, 0.6) is 0 Å². The topological polar surface area (TPSA) is 73.6 Å². The lowest BCUT2D eigenvalue weighted by Gasteiger charge is -2.14. The highest BCUT2D eigenvalue weighted by atomic mass is 32.2. The number of hydrogen-bond acceptors (Lipinski definition) is 6. The molecule has 1 aromatic heterocycles. The van der Waals surface area contributed by atoms with Gasteiger partial charge in [0.1, 0.15) is 15.8 Å². The van der Waals surface area contributed by atoms with Crippen molar-refractivity contribution < 1.29 is 19.1 Å². The molecule has 0 bridgehead atoms. The number of rotatable bonds is 5. The maximum absolute atomic E-state index is 12.8. The van der Waals surface area contributed by atoms with Gasteiger partial charge < -0.3 is 14.3 Å². The Bertz CT molecular complexity index is 1130. The summed E-state index contributed by atoms with van der Waals surface area (Å²) >= 11 is 6.58. The second-order valence-corrected chi connectivity index (χ2v) is 7.96. The molecule has 4 rings (SSSR count). The van der Waals surface area contributed by atoms with Gasteiger partial charge >= 0.3 is 0 Å². The molecule has 0 radical (unpaired) electrons. The summed E-state index contributed by atoms with van der Waals surface area (Å²) in [6, 6.07) is 19.4. The summed E-state index contributed by atoms with van der Waals surface area (Å²) in [6.45, 7) is 0.408. The number of nitrogens with zero attached hydrogens (tertiary/aromatic N) is 1. The van der Waals surface area contributed by atoms with Crippen LogP contribution in [0.25, 0.3) is 17.4 Å². The predicted octanol–water partition coefficient (Wildman–Crippen LogP) is 3.71. The highest BCUT2D eigenvalue weighted by Crippen LogP contribution is 2.34. The smallest absolute Gasteiger partial charge is 0.266 e. The van der Waals surface area contributed by atoms with E-state index in [-0.39, 0.29) is 11.5 Å². The molecule has 5 nitrogen and oxygen atoms in total. The van der Waals surface area contributed by atoms with Crippen LogP contribution in [0.1, 0.15) is 21.7 Å². The van der Waals surface area contributed by atoms with Gasteiger partial charge in [-0.3, -0.25) is 9.69 Å². The number of benzene rings is 2. The number of carbonyl (C=O) groups excluding carboxylic acids is 2. The summed E-state index contributed by atoms with van der Waals surface area (Å²) in [5, 5.41) is 11.3. The second-order valence-electron chi connectivity index (χ2n) is 6.29. The van der Waals surface area contributed by atoms with Gasteiger partial charge in [-0.05, 0) is 17.7 Å². The Balaban J connectivity index is 1.57. The van der Waals surface area contributed by atoms with E-state index < -0.39 is 5.97 Å². The predicted molar refractivity (Wildman–Crippen MR) is 114 cm³/mol. The molecule has 1 aliphatic heterocycles. The standard InChI is InChI=1S/C22H15NO4S2/c24-20-19(29-22(28)23(20)13-14-6-2-1-3-7-14)12-15-10-11-18(27-15)16-8-4-5-9-17(16)21(25)26/h1-12H,13H2,(H,25,26)/p-1/b19-12+. The minimum atomic E-state index is -1.28. The maximum Gasteiger partial charge on any atom is 0.266 e. The molecule has 0 spiro atoms. The monoisotopic (exact) mass is 420 g/mol. The minimum Gasteiger partial charge on any atom is -0.545 e. The third kappa shape index (κ3) is 4.01. The minimum absolute atomic E-state index is 0.0441. The third-order valence-corrected chi connectivity index (χ3v) is 5.75. The van der Waals surface area contributed by atoms with E-state index in [1.807, 2.05) is 30.3 Å². The van der Waals surface area contributed by atoms with Gasteiger partial charge in [0.25, 0.3) is 5.91 Å². The van der Waals surface area contributed by atoms with Crippen molar-refractivity contribution in [2.24, 2.45) is 0 Å². The van der Waals surface area contributed by atoms with Gasteiger partial charge in [0.15, 0.2) is 0 Å². The number of hydrogen-bond donors (Lipinski definition) is 0. The Hall–Kier alpha value is -3.16. The fourth-order valence-corrected chi connectivity index (χ4v) is 4.22.